The molecule has 0 amide bonds. The minimum atomic E-state index is -2.70. The van der Waals surface area contributed by atoms with Crippen molar-refractivity contribution in [1.82, 2.24) is 0 Å². The van der Waals surface area contributed by atoms with Crippen molar-refractivity contribution < 1.29 is 14.3 Å². The molecule has 1 heterocycles. The summed E-state index contributed by atoms with van der Waals surface area (Å²) in [5, 5.41) is 13.8. The number of hydrogen-bond donors (Lipinski definition) is 1. The fraction of sp³-hybridized carbons (Fsp3) is 0.517. The van der Waals surface area contributed by atoms with Crippen molar-refractivity contribution in [2.45, 2.75) is 89.1 Å². The standard InChI is InChI=1S/C29H40O3Si/c1-23-21-28(5,32-29(23)19-13-8-14-20-29)26(30)22-31-33(27(2,3)4,24-15-9-6-10-16-24)25-17-11-7-12-18-25/h6-7,9-12,15-18,21,26,30H,8,13-14,19-20,22H2,1-5H3/t26-,28-/m1/s1. The van der Waals surface area contributed by atoms with Crippen LogP contribution in [-0.4, -0.2) is 37.3 Å². The molecule has 0 saturated heterocycles. The van der Waals surface area contributed by atoms with E-state index in [-0.39, 0.29) is 17.2 Å². The summed E-state index contributed by atoms with van der Waals surface area (Å²) in [4.78, 5) is 0. The Labute approximate surface area is 201 Å². The van der Waals surface area contributed by atoms with Crippen molar-refractivity contribution in [2.75, 3.05) is 6.61 Å². The molecule has 2 aromatic carbocycles. The van der Waals surface area contributed by atoms with Crippen LogP contribution >= 0.6 is 0 Å². The summed E-state index contributed by atoms with van der Waals surface area (Å²) in [5.41, 5.74) is 0.340. The van der Waals surface area contributed by atoms with Crippen LogP contribution in [0.1, 0.15) is 66.7 Å². The van der Waals surface area contributed by atoms with Crippen LogP contribution in [0.15, 0.2) is 72.3 Å². The molecule has 2 aliphatic rings. The van der Waals surface area contributed by atoms with Crippen LogP contribution in [0.2, 0.25) is 5.04 Å². The predicted octanol–water partition coefficient (Wildman–Crippen LogP) is 5.36. The highest BCUT2D eigenvalue weighted by molar-refractivity contribution is 6.99. The van der Waals surface area contributed by atoms with Crippen LogP contribution in [0.3, 0.4) is 0 Å². The maximum Gasteiger partial charge on any atom is 0.261 e. The van der Waals surface area contributed by atoms with Gasteiger partial charge in [-0.05, 0) is 53.7 Å². The predicted molar refractivity (Wildman–Crippen MR) is 139 cm³/mol. The fourth-order valence-corrected chi connectivity index (χ4v) is 10.6. The zero-order chi connectivity index (χ0) is 23.7. The maximum absolute atomic E-state index is 11.5. The van der Waals surface area contributed by atoms with Gasteiger partial charge in [0.05, 0.1) is 12.2 Å². The molecule has 2 atom stereocenters. The van der Waals surface area contributed by atoms with E-state index < -0.39 is 20.0 Å². The summed E-state index contributed by atoms with van der Waals surface area (Å²) in [7, 11) is -2.70. The molecule has 1 saturated carbocycles. The second-order valence-electron chi connectivity index (χ2n) is 11.2. The molecule has 1 spiro atoms. The highest BCUT2D eigenvalue weighted by Gasteiger charge is 2.53. The molecular weight excluding hydrogens is 424 g/mol. The zero-order valence-corrected chi connectivity index (χ0v) is 21.9. The minimum Gasteiger partial charge on any atom is -0.405 e. The maximum atomic E-state index is 11.5. The lowest BCUT2D eigenvalue weighted by atomic mass is 9.80. The molecule has 4 rings (SSSR count). The Kier molecular flexibility index (Phi) is 6.76. The quantitative estimate of drug-likeness (QED) is 0.462. The molecule has 1 aliphatic carbocycles. The summed E-state index contributed by atoms with van der Waals surface area (Å²) in [5.74, 6) is 0. The van der Waals surface area contributed by atoms with E-state index in [1.807, 2.05) is 6.92 Å². The van der Waals surface area contributed by atoms with E-state index in [4.69, 9.17) is 9.16 Å². The van der Waals surface area contributed by atoms with Gasteiger partial charge in [-0.3, -0.25) is 0 Å². The molecule has 0 radical (unpaired) electrons. The van der Waals surface area contributed by atoms with E-state index in [1.54, 1.807) is 0 Å². The Morgan fingerprint density at radius 2 is 1.45 bits per heavy atom. The molecule has 1 N–H and O–H groups in total. The van der Waals surface area contributed by atoms with Gasteiger partial charge in [0.2, 0.25) is 0 Å². The molecule has 178 valence electrons. The van der Waals surface area contributed by atoms with Crippen molar-refractivity contribution in [1.29, 1.82) is 0 Å². The average Bonchev–Trinajstić information content (AvgIpc) is 3.05. The third kappa shape index (κ3) is 4.39. The van der Waals surface area contributed by atoms with Gasteiger partial charge in [0.25, 0.3) is 8.32 Å². The summed E-state index contributed by atoms with van der Waals surface area (Å²) >= 11 is 0. The first-order chi connectivity index (χ1) is 15.6. The van der Waals surface area contributed by atoms with Crippen LogP contribution in [-0.2, 0) is 9.16 Å². The van der Waals surface area contributed by atoms with Gasteiger partial charge in [-0.1, -0.05) is 101 Å². The molecule has 1 fully saturated rings. The van der Waals surface area contributed by atoms with Gasteiger partial charge in [-0.25, -0.2) is 0 Å². The number of rotatable bonds is 6. The van der Waals surface area contributed by atoms with E-state index in [0.29, 0.717) is 0 Å². The zero-order valence-electron chi connectivity index (χ0n) is 20.9. The minimum absolute atomic E-state index is 0.122. The van der Waals surface area contributed by atoms with Crippen molar-refractivity contribution >= 4 is 18.7 Å². The van der Waals surface area contributed by atoms with E-state index in [9.17, 15) is 5.11 Å². The smallest absolute Gasteiger partial charge is 0.261 e. The van der Waals surface area contributed by atoms with Crippen molar-refractivity contribution in [3.8, 4) is 0 Å². The molecule has 33 heavy (non-hydrogen) atoms. The summed E-state index contributed by atoms with van der Waals surface area (Å²) in [6.45, 7) is 11.2. The molecule has 1 aliphatic heterocycles. The Morgan fingerprint density at radius 3 is 1.94 bits per heavy atom. The monoisotopic (exact) mass is 464 g/mol. The lowest BCUT2D eigenvalue weighted by molar-refractivity contribution is -0.153. The molecular formula is C29H40O3Si. The molecule has 0 unspecified atom stereocenters. The van der Waals surface area contributed by atoms with E-state index >= 15 is 0 Å². The van der Waals surface area contributed by atoms with Gasteiger partial charge < -0.3 is 14.3 Å². The molecule has 4 heteroatoms. The van der Waals surface area contributed by atoms with E-state index in [1.165, 1.54) is 35.2 Å². The third-order valence-electron chi connectivity index (χ3n) is 7.83. The lowest BCUT2D eigenvalue weighted by Gasteiger charge is -2.45. The number of hydrogen-bond acceptors (Lipinski definition) is 3. The van der Waals surface area contributed by atoms with Gasteiger partial charge in [-0.2, -0.15) is 0 Å². The highest BCUT2D eigenvalue weighted by Crippen LogP contribution is 2.47. The summed E-state index contributed by atoms with van der Waals surface area (Å²) in [6.07, 6.45) is 7.17. The van der Waals surface area contributed by atoms with Gasteiger partial charge >= 0.3 is 0 Å². The van der Waals surface area contributed by atoms with E-state index in [2.05, 4.69) is 94.4 Å². The summed E-state index contributed by atoms with van der Waals surface area (Å²) in [6, 6.07) is 21.2. The van der Waals surface area contributed by atoms with Crippen LogP contribution < -0.4 is 10.4 Å². The number of ether oxygens (including phenoxy) is 1. The van der Waals surface area contributed by atoms with Gasteiger partial charge in [0, 0.05) is 0 Å². The van der Waals surface area contributed by atoms with Gasteiger partial charge in [0.1, 0.15) is 11.7 Å². The molecule has 0 bridgehead atoms. The van der Waals surface area contributed by atoms with Gasteiger partial charge in [0.15, 0.2) is 0 Å². The average molecular weight is 465 g/mol. The van der Waals surface area contributed by atoms with Crippen molar-refractivity contribution in [2.24, 2.45) is 0 Å². The number of aliphatic hydroxyl groups is 1. The first-order valence-electron chi connectivity index (χ1n) is 12.5. The Hall–Kier alpha value is -1.72. The lowest BCUT2D eigenvalue weighted by Crippen LogP contribution is -2.67. The fourth-order valence-electron chi connectivity index (χ4n) is 6.01. The van der Waals surface area contributed by atoms with Crippen molar-refractivity contribution in [3.05, 3.63) is 72.3 Å². The SMILES string of the molecule is CC1=C[C@](C)([C@H](O)CO[Si](c2ccccc2)(c2ccccc2)C(C)(C)C)OC12CCCCC2. The molecule has 3 nitrogen and oxygen atoms in total. The number of aliphatic hydroxyl groups excluding tert-OH is 1. The Bertz CT molecular complexity index is 918. The molecule has 0 aromatic heterocycles. The van der Waals surface area contributed by atoms with Crippen LogP contribution in [0.25, 0.3) is 0 Å². The van der Waals surface area contributed by atoms with Gasteiger partial charge in [-0.15, -0.1) is 0 Å². The molecule has 2 aromatic rings. The highest BCUT2D eigenvalue weighted by atomic mass is 28.4. The Morgan fingerprint density at radius 1 is 0.939 bits per heavy atom. The van der Waals surface area contributed by atoms with Crippen LogP contribution in [0, 0.1) is 0 Å². The second kappa shape index (κ2) is 9.14. The second-order valence-corrected chi connectivity index (χ2v) is 15.5. The normalized spacial score (nSPS) is 24.0. The first kappa shape index (κ1) is 24.4. The van der Waals surface area contributed by atoms with E-state index in [0.717, 1.165) is 12.8 Å². The topological polar surface area (TPSA) is 38.7 Å². The third-order valence-corrected chi connectivity index (χ3v) is 12.8. The summed E-state index contributed by atoms with van der Waals surface area (Å²) < 4.78 is 13.7. The van der Waals surface area contributed by atoms with Crippen molar-refractivity contribution in [3.63, 3.8) is 0 Å². The first-order valence-corrected chi connectivity index (χ1v) is 14.4. The van der Waals surface area contributed by atoms with Crippen LogP contribution in [0.5, 0.6) is 0 Å². The van der Waals surface area contributed by atoms with Crippen LogP contribution in [0.4, 0.5) is 0 Å². The number of benzene rings is 2. The largest absolute Gasteiger partial charge is 0.405 e. The Balaban J connectivity index is 1.66.